The zero-order chi connectivity index (χ0) is 11.8. The molecule has 5 nitrogen and oxygen atoms in total. The van der Waals surface area contributed by atoms with Crippen LogP contribution in [0.4, 0.5) is 0 Å². The van der Waals surface area contributed by atoms with Gasteiger partial charge in [0, 0.05) is 10.0 Å². The van der Waals surface area contributed by atoms with Gasteiger partial charge in [-0.05, 0) is 18.2 Å². The van der Waals surface area contributed by atoms with E-state index in [2.05, 4.69) is 15.9 Å². The topological polar surface area (TPSA) is 78.6 Å². The fourth-order valence-electron chi connectivity index (χ4n) is 1.42. The number of hydrogen-bond donors (Lipinski definition) is 1. The van der Waals surface area contributed by atoms with Gasteiger partial charge in [0.15, 0.2) is 6.29 Å². The van der Waals surface area contributed by atoms with E-state index in [0.717, 1.165) is 4.47 Å². The average molecular weight is 308 g/mol. The third-order valence-electron chi connectivity index (χ3n) is 2.17. The molecule has 2 N–H and O–H groups in total. The van der Waals surface area contributed by atoms with Gasteiger partial charge in [0.2, 0.25) is 10.0 Å². The van der Waals surface area contributed by atoms with Crippen molar-refractivity contribution in [3.63, 3.8) is 0 Å². The van der Waals surface area contributed by atoms with E-state index in [4.69, 9.17) is 14.6 Å². The maximum absolute atomic E-state index is 11.2. The summed E-state index contributed by atoms with van der Waals surface area (Å²) in [5.74, 6) is 0. The van der Waals surface area contributed by atoms with Crippen LogP contribution in [-0.4, -0.2) is 21.6 Å². The van der Waals surface area contributed by atoms with E-state index in [-0.39, 0.29) is 4.90 Å². The summed E-state index contributed by atoms with van der Waals surface area (Å²) in [6.45, 7) is 0.993. The molecule has 0 aliphatic carbocycles. The highest BCUT2D eigenvalue weighted by Crippen LogP contribution is 2.31. The molecule has 1 aromatic rings. The number of halogens is 1. The minimum Gasteiger partial charge on any atom is -0.346 e. The standard InChI is InChI=1S/C9H10BrNO4S/c10-8-2-1-6(16(11,12)13)5-7(8)9-14-3-4-15-9/h1-2,5,9H,3-4H2,(H2,11,12,13). The summed E-state index contributed by atoms with van der Waals surface area (Å²) in [7, 11) is -3.70. The molecule has 0 bridgehead atoms. The van der Waals surface area contributed by atoms with Crippen molar-refractivity contribution in [1.29, 1.82) is 0 Å². The molecule has 88 valence electrons. The van der Waals surface area contributed by atoms with Crippen LogP contribution in [0.15, 0.2) is 27.6 Å². The molecule has 0 amide bonds. The Bertz CT molecular complexity index is 496. The molecule has 1 aromatic carbocycles. The van der Waals surface area contributed by atoms with Gasteiger partial charge in [0.05, 0.1) is 18.1 Å². The van der Waals surface area contributed by atoms with E-state index in [1.54, 1.807) is 6.07 Å². The molecule has 0 saturated carbocycles. The van der Waals surface area contributed by atoms with Crippen LogP contribution in [0.5, 0.6) is 0 Å². The van der Waals surface area contributed by atoms with E-state index >= 15 is 0 Å². The van der Waals surface area contributed by atoms with E-state index in [1.165, 1.54) is 12.1 Å². The van der Waals surface area contributed by atoms with E-state index in [1.807, 2.05) is 0 Å². The number of benzene rings is 1. The van der Waals surface area contributed by atoms with Crippen molar-refractivity contribution >= 4 is 26.0 Å². The molecule has 0 unspecified atom stereocenters. The van der Waals surface area contributed by atoms with Crippen molar-refractivity contribution in [3.05, 3.63) is 28.2 Å². The molecule has 1 aliphatic heterocycles. The molecule has 0 radical (unpaired) electrons. The van der Waals surface area contributed by atoms with Crippen LogP contribution in [0.3, 0.4) is 0 Å². The largest absolute Gasteiger partial charge is 0.346 e. The Labute approximate surface area is 102 Å². The van der Waals surface area contributed by atoms with E-state index in [9.17, 15) is 8.42 Å². The van der Waals surface area contributed by atoms with Gasteiger partial charge in [-0.15, -0.1) is 0 Å². The number of nitrogens with two attached hydrogens (primary N) is 1. The van der Waals surface area contributed by atoms with Gasteiger partial charge in [0.25, 0.3) is 0 Å². The number of sulfonamides is 1. The second-order valence-corrected chi connectivity index (χ2v) is 5.72. The van der Waals surface area contributed by atoms with Gasteiger partial charge in [-0.1, -0.05) is 15.9 Å². The fraction of sp³-hybridized carbons (Fsp3) is 0.333. The van der Waals surface area contributed by atoms with Crippen molar-refractivity contribution in [2.75, 3.05) is 13.2 Å². The van der Waals surface area contributed by atoms with Gasteiger partial charge >= 0.3 is 0 Å². The summed E-state index contributed by atoms with van der Waals surface area (Å²) < 4.78 is 33.7. The maximum Gasteiger partial charge on any atom is 0.238 e. The number of rotatable bonds is 2. The smallest absolute Gasteiger partial charge is 0.238 e. The molecule has 0 aromatic heterocycles. The van der Waals surface area contributed by atoms with Gasteiger partial charge in [-0.3, -0.25) is 0 Å². The average Bonchev–Trinajstić information content (AvgIpc) is 2.69. The molecule has 2 rings (SSSR count). The second kappa shape index (κ2) is 4.42. The predicted molar refractivity (Wildman–Crippen MR) is 60.2 cm³/mol. The first-order chi connectivity index (χ1) is 7.48. The predicted octanol–water partition coefficient (Wildman–Crippen LogP) is 1.14. The lowest BCUT2D eigenvalue weighted by atomic mass is 10.2. The highest BCUT2D eigenvalue weighted by atomic mass is 79.9. The highest BCUT2D eigenvalue weighted by Gasteiger charge is 2.22. The van der Waals surface area contributed by atoms with Crippen LogP contribution in [0.2, 0.25) is 0 Å². The molecule has 0 spiro atoms. The van der Waals surface area contributed by atoms with Gasteiger partial charge in [-0.2, -0.15) is 0 Å². The Balaban J connectivity index is 2.44. The van der Waals surface area contributed by atoms with Crippen molar-refractivity contribution in [2.45, 2.75) is 11.2 Å². The Kier molecular flexibility index (Phi) is 3.32. The zero-order valence-corrected chi connectivity index (χ0v) is 10.6. The first kappa shape index (κ1) is 12.0. The Morgan fingerprint density at radius 2 is 1.94 bits per heavy atom. The van der Waals surface area contributed by atoms with Crippen LogP contribution < -0.4 is 5.14 Å². The van der Waals surface area contributed by atoms with Crippen LogP contribution in [0.1, 0.15) is 11.9 Å². The second-order valence-electron chi connectivity index (χ2n) is 3.30. The quantitative estimate of drug-likeness (QED) is 0.888. The first-order valence-electron chi connectivity index (χ1n) is 4.54. The molecular weight excluding hydrogens is 298 g/mol. The van der Waals surface area contributed by atoms with Gasteiger partial charge in [-0.25, -0.2) is 13.6 Å². The first-order valence-corrected chi connectivity index (χ1v) is 6.88. The molecular formula is C9H10BrNO4S. The Morgan fingerprint density at radius 1 is 1.31 bits per heavy atom. The van der Waals surface area contributed by atoms with Crippen molar-refractivity contribution < 1.29 is 17.9 Å². The third kappa shape index (κ3) is 2.44. The van der Waals surface area contributed by atoms with Crippen LogP contribution in [-0.2, 0) is 19.5 Å². The molecule has 7 heteroatoms. The summed E-state index contributed by atoms with van der Waals surface area (Å²) in [4.78, 5) is 0.0461. The zero-order valence-electron chi connectivity index (χ0n) is 8.22. The lowest BCUT2D eigenvalue weighted by molar-refractivity contribution is -0.0447. The van der Waals surface area contributed by atoms with Gasteiger partial charge < -0.3 is 9.47 Å². The lowest BCUT2D eigenvalue weighted by Crippen LogP contribution is -2.13. The summed E-state index contributed by atoms with van der Waals surface area (Å²) in [6, 6.07) is 4.49. The lowest BCUT2D eigenvalue weighted by Gasteiger charge is -2.12. The molecule has 1 fully saturated rings. The summed E-state index contributed by atoms with van der Waals surface area (Å²) in [6.07, 6.45) is -0.531. The van der Waals surface area contributed by atoms with Crippen LogP contribution in [0, 0.1) is 0 Å². The summed E-state index contributed by atoms with van der Waals surface area (Å²) in [5.41, 5.74) is 0.629. The highest BCUT2D eigenvalue weighted by molar-refractivity contribution is 9.10. The van der Waals surface area contributed by atoms with Crippen molar-refractivity contribution in [1.82, 2.24) is 0 Å². The minimum absolute atomic E-state index is 0.0461. The minimum atomic E-state index is -3.70. The normalized spacial score (nSPS) is 17.9. The molecule has 0 atom stereocenters. The van der Waals surface area contributed by atoms with Gasteiger partial charge in [0.1, 0.15) is 0 Å². The molecule has 16 heavy (non-hydrogen) atoms. The maximum atomic E-state index is 11.2. The van der Waals surface area contributed by atoms with Crippen molar-refractivity contribution in [3.8, 4) is 0 Å². The Morgan fingerprint density at radius 3 is 2.50 bits per heavy atom. The number of hydrogen-bond acceptors (Lipinski definition) is 4. The molecule has 1 saturated heterocycles. The monoisotopic (exact) mass is 307 g/mol. The van der Waals surface area contributed by atoms with E-state index in [0.29, 0.717) is 18.8 Å². The van der Waals surface area contributed by atoms with Crippen LogP contribution in [0.25, 0.3) is 0 Å². The molecule has 1 heterocycles. The van der Waals surface area contributed by atoms with Crippen LogP contribution >= 0.6 is 15.9 Å². The Hall–Kier alpha value is -0.470. The fourth-order valence-corrected chi connectivity index (χ4v) is 2.40. The summed E-state index contributed by atoms with van der Waals surface area (Å²) in [5, 5.41) is 5.05. The van der Waals surface area contributed by atoms with Crippen molar-refractivity contribution in [2.24, 2.45) is 5.14 Å². The number of primary sulfonamides is 1. The number of ether oxygens (including phenoxy) is 2. The molecule has 1 aliphatic rings. The third-order valence-corrected chi connectivity index (χ3v) is 3.80. The summed E-state index contributed by atoms with van der Waals surface area (Å²) >= 11 is 3.31. The SMILES string of the molecule is NS(=O)(=O)c1ccc(Br)c(C2OCCO2)c1. The van der Waals surface area contributed by atoms with E-state index < -0.39 is 16.3 Å².